The van der Waals surface area contributed by atoms with Crippen molar-refractivity contribution in [2.75, 3.05) is 14.2 Å². The predicted octanol–water partition coefficient (Wildman–Crippen LogP) is 2.16. The van der Waals surface area contributed by atoms with Crippen molar-refractivity contribution in [3.05, 3.63) is 39.8 Å². The Balaban J connectivity index is 1.95. The lowest BCUT2D eigenvalue weighted by molar-refractivity contribution is -0.120. The molecule has 1 aromatic carbocycles. The molecule has 0 atom stereocenters. The minimum absolute atomic E-state index is 0.210. The van der Waals surface area contributed by atoms with Crippen LogP contribution in [0.25, 0.3) is 0 Å². The molecule has 0 unspecified atom stereocenters. The smallest absolute Gasteiger partial charge is 0.246 e. The number of aryl methyl sites for hydroxylation is 1. The monoisotopic (exact) mass is 319 g/mol. The van der Waals surface area contributed by atoms with Crippen molar-refractivity contribution in [1.29, 1.82) is 0 Å². The van der Waals surface area contributed by atoms with Crippen molar-refractivity contribution in [2.24, 2.45) is 5.10 Å². The van der Waals surface area contributed by atoms with Gasteiger partial charge in [-0.3, -0.25) is 4.79 Å². The molecule has 1 amide bonds. The molecule has 6 nitrogen and oxygen atoms in total. The van der Waals surface area contributed by atoms with Gasteiger partial charge in [-0.25, -0.2) is 10.4 Å². The number of amides is 1. The fourth-order valence-corrected chi connectivity index (χ4v) is 2.40. The Hall–Kier alpha value is -2.41. The van der Waals surface area contributed by atoms with Gasteiger partial charge in [0.05, 0.1) is 37.6 Å². The summed E-state index contributed by atoms with van der Waals surface area (Å²) in [7, 11) is 3.15. The molecule has 0 bridgehead atoms. The summed E-state index contributed by atoms with van der Waals surface area (Å²) >= 11 is 1.52. The summed E-state index contributed by atoms with van der Waals surface area (Å²) in [6, 6.07) is 5.35. The SMILES string of the molecule is COc1ccc(C=NNC(=O)Cc2csc(C)n2)c(OC)c1. The molecule has 22 heavy (non-hydrogen) atoms. The van der Waals surface area contributed by atoms with Gasteiger partial charge in [0, 0.05) is 17.0 Å². The largest absolute Gasteiger partial charge is 0.497 e. The number of carbonyl (C=O) groups excluding carboxylic acids is 1. The van der Waals surface area contributed by atoms with Gasteiger partial charge < -0.3 is 9.47 Å². The molecule has 7 heteroatoms. The third kappa shape index (κ3) is 4.29. The van der Waals surface area contributed by atoms with Crippen molar-refractivity contribution in [1.82, 2.24) is 10.4 Å². The van der Waals surface area contributed by atoms with Crippen LogP contribution in [0.15, 0.2) is 28.7 Å². The number of hydrazone groups is 1. The van der Waals surface area contributed by atoms with Gasteiger partial charge in [-0.15, -0.1) is 11.3 Å². The fraction of sp³-hybridized carbons (Fsp3) is 0.267. The van der Waals surface area contributed by atoms with E-state index in [1.807, 2.05) is 12.3 Å². The summed E-state index contributed by atoms with van der Waals surface area (Å²) in [4.78, 5) is 16.0. The fourth-order valence-electron chi connectivity index (χ4n) is 1.79. The van der Waals surface area contributed by atoms with Crippen LogP contribution in [0.4, 0.5) is 0 Å². The van der Waals surface area contributed by atoms with E-state index in [1.54, 1.807) is 32.4 Å². The molecular formula is C15H17N3O3S. The lowest BCUT2D eigenvalue weighted by atomic mass is 10.2. The van der Waals surface area contributed by atoms with Crippen molar-refractivity contribution >= 4 is 23.5 Å². The van der Waals surface area contributed by atoms with Crippen LogP contribution in [0.1, 0.15) is 16.3 Å². The molecule has 0 fully saturated rings. The van der Waals surface area contributed by atoms with E-state index in [9.17, 15) is 4.79 Å². The van der Waals surface area contributed by atoms with Crippen LogP contribution in [0.3, 0.4) is 0 Å². The molecule has 1 heterocycles. The van der Waals surface area contributed by atoms with E-state index in [4.69, 9.17) is 9.47 Å². The molecule has 0 saturated heterocycles. The number of carbonyl (C=O) groups is 1. The minimum atomic E-state index is -0.214. The first-order valence-electron chi connectivity index (χ1n) is 6.57. The number of nitrogens with one attached hydrogen (secondary N) is 1. The van der Waals surface area contributed by atoms with E-state index in [1.165, 1.54) is 17.6 Å². The van der Waals surface area contributed by atoms with E-state index in [0.717, 1.165) is 16.3 Å². The van der Waals surface area contributed by atoms with Crippen LogP contribution in [-0.2, 0) is 11.2 Å². The number of hydrogen-bond donors (Lipinski definition) is 1. The zero-order chi connectivity index (χ0) is 15.9. The quantitative estimate of drug-likeness (QED) is 0.654. The first kappa shape index (κ1) is 16.0. The van der Waals surface area contributed by atoms with E-state index in [-0.39, 0.29) is 12.3 Å². The Morgan fingerprint density at radius 1 is 1.41 bits per heavy atom. The van der Waals surface area contributed by atoms with Crippen LogP contribution in [0.5, 0.6) is 11.5 Å². The highest BCUT2D eigenvalue weighted by Crippen LogP contribution is 2.22. The number of hydrogen-bond acceptors (Lipinski definition) is 6. The minimum Gasteiger partial charge on any atom is -0.497 e. The van der Waals surface area contributed by atoms with E-state index < -0.39 is 0 Å². The van der Waals surface area contributed by atoms with Crippen LogP contribution in [0.2, 0.25) is 0 Å². The highest BCUT2D eigenvalue weighted by Gasteiger charge is 2.06. The second-order valence-electron chi connectivity index (χ2n) is 4.44. The standard InChI is InChI=1S/C15H17N3O3S/c1-10-17-12(9-22-10)6-15(19)18-16-8-11-4-5-13(20-2)7-14(11)21-3/h4-5,7-9H,6H2,1-3H3,(H,18,19). The Morgan fingerprint density at radius 2 is 2.23 bits per heavy atom. The molecule has 0 spiro atoms. The lowest BCUT2D eigenvalue weighted by Gasteiger charge is -2.06. The highest BCUT2D eigenvalue weighted by molar-refractivity contribution is 7.09. The van der Waals surface area contributed by atoms with Gasteiger partial charge in [0.25, 0.3) is 0 Å². The number of thiazole rings is 1. The molecule has 0 aliphatic carbocycles. The van der Waals surface area contributed by atoms with E-state index >= 15 is 0 Å². The summed E-state index contributed by atoms with van der Waals surface area (Å²) in [5, 5.41) is 6.74. The molecule has 0 saturated carbocycles. The Bertz CT molecular complexity index is 682. The van der Waals surface area contributed by atoms with Gasteiger partial charge >= 0.3 is 0 Å². The maximum Gasteiger partial charge on any atom is 0.246 e. The van der Waals surface area contributed by atoms with Gasteiger partial charge in [0.15, 0.2) is 0 Å². The highest BCUT2D eigenvalue weighted by atomic mass is 32.1. The molecule has 2 aromatic rings. The number of ether oxygens (including phenoxy) is 2. The molecular weight excluding hydrogens is 302 g/mol. The second kappa shape index (κ2) is 7.56. The number of aromatic nitrogens is 1. The Kier molecular flexibility index (Phi) is 5.48. The third-order valence-electron chi connectivity index (χ3n) is 2.84. The predicted molar refractivity (Wildman–Crippen MR) is 85.8 cm³/mol. The third-order valence-corrected chi connectivity index (χ3v) is 3.66. The summed E-state index contributed by atoms with van der Waals surface area (Å²) < 4.78 is 10.4. The summed E-state index contributed by atoms with van der Waals surface area (Å²) in [6.45, 7) is 1.90. The van der Waals surface area contributed by atoms with Crippen LogP contribution >= 0.6 is 11.3 Å². The van der Waals surface area contributed by atoms with E-state index in [0.29, 0.717) is 11.5 Å². The number of benzene rings is 1. The summed E-state index contributed by atoms with van der Waals surface area (Å²) in [5.74, 6) is 1.10. The van der Waals surface area contributed by atoms with Crippen molar-refractivity contribution in [2.45, 2.75) is 13.3 Å². The summed E-state index contributed by atoms with van der Waals surface area (Å²) in [6.07, 6.45) is 1.74. The Morgan fingerprint density at radius 3 is 2.86 bits per heavy atom. The molecule has 2 rings (SSSR count). The lowest BCUT2D eigenvalue weighted by Crippen LogP contribution is -2.20. The van der Waals surface area contributed by atoms with Gasteiger partial charge in [0.2, 0.25) is 5.91 Å². The number of rotatable bonds is 6. The summed E-state index contributed by atoms with van der Waals surface area (Å²) in [5.41, 5.74) is 3.97. The van der Waals surface area contributed by atoms with E-state index in [2.05, 4.69) is 15.5 Å². The average Bonchev–Trinajstić information content (AvgIpc) is 2.92. The average molecular weight is 319 g/mol. The zero-order valence-electron chi connectivity index (χ0n) is 12.6. The number of methoxy groups -OCH3 is 2. The van der Waals surface area contributed by atoms with Gasteiger partial charge in [-0.1, -0.05) is 0 Å². The molecule has 1 aromatic heterocycles. The van der Waals surface area contributed by atoms with Crippen molar-refractivity contribution in [3.8, 4) is 11.5 Å². The van der Waals surface area contributed by atoms with Crippen LogP contribution in [-0.4, -0.2) is 31.3 Å². The molecule has 116 valence electrons. The first-order valence-corrected chi connectivity index (χ1v) is 7.45. The zero-order valence-corrected chi connectivity index (χ0v) is 13.4. The van der Waals surface area contributed by atoms with Gasteiger partial charge in [-0.05, 0) is 19.1 Å². The normalized spacial score (nSPS) is 10.7. The van der Waals surface area contributed by atoms with Gasteiger partial charge in [0.1, 0.15) is 11.5 Å². The molecule has 1 N–H and O–H groups in total. The van der Waals surface area contributed by atoms with Crippen LogP contribution in [0, 0.1) is 6.92 Å². The molecule has 0 radical (unpaired) electrons. The molecule has 0 aliphatic rings. The van der Waals surface area contributed by atoms with Gasteiger partial charge in [-0.2, -0.15) is 5.10 Å². The van der Waals surface area contributed by atoms with Crippen LogP contribution < -0.4 is 14.9 Å². The van der Waals surface area contributed by atoms with Crippen molar-refractivity contribution < 1.29 is 14.3 Å². The Labute approximate surface area is 132 Å². The maximum atomic E-state index is 11.8. The maximum absolute atomic E-state index is 11.8. The second-order valence-corrected chi connectivity index (χ2v) is 5.50. The first-order chi connectivity index (χ1) is 10.6. The number of nitrogens with zero attached hydrogens (tertiary/aromatic N) is 2. The van der Waals surface area contributed by atoms with Crippen molar-refractivity contribution in [3.63, 3.8) is 0 Å². The molecule has 0 aliphatic heterocycles. The topological polar surface area (TPSA) is 72.8 Å².